The lowest BCUT2D eigenvalue weighted by Crippen LogP contribution is -2.30. The molecule has 7 nitrogen and oxygen atoms in total. The number of rotatable bonds is 5. The predicted octanol–water partition coefficient (Wildman–Crippen LogP) is 2.49. The first-order valence-corrected chi connectivity index (χ1v) is 7.78. The lowest BCUT2D eigenvalue weighted by atomic mass is 10.0. The number of carbonyl (C=O) groups is 1. The number of H-pyrrole nitrogens is 1. The average molecular weight is 325 g/mol. The summed E-state index contributed by atoms with van der Waals surface area (Å²) in [5.74, 6) is 1.45. The van der Waals surface area contributed by atoms with E-state index in [1.54, 1.807) is 13.0 Å². The normalized spacial score (nSPS) is 12.1. The van der Waals surface area contributed by atoms with Crippen molar-refractivity contribution in [3.63, 3.8) is 0 Å². The largest absolute Gasteiger partial charge is 0.466 e. The van der Waals surface area contributed by atoms with Crippen molar-refractivity contribution in [2.24, 2.45) is 0 Å². The van der Waals surface area contributed by atoms with Crippen molar-refractivity contribution in [2.75, 3.05) is 0 Å². The molecule has 0 aliphatic carbocycles. The maximum Gasteiger partial charge on any atom is 0.255 e. The Bertz CT molecular complexity index is 821. The molecule has 124 valence electrons. The van der Waals surface area contributed by atoms with Crippen molar-refractivity contribution in [2.45, 2.75) is 33.2 Å². The highest BCUT2D eigenvalue weighted by Crippen LogP contribution is 2.21. The maximum atomic E-state index is 12.6. The van der Waals surface area contributed by atoms with Crippen LogP contribution in [0.1, 0.15) is 51.8 Å². The van der Waals surface area contributed by atoms with Gasteiger partial charge in [0.15, 0.2) is 0 Å². The number of furan rings is 1. The van der Waals surface area contributed by atoms with Crippen LogP contribution in [0.15, 0.2) is 34.7 Å². The fraction of sp³-hybridized carbons (Fsp3) is 0.294. The highest BCUT2D eigenvalue weighted by molar-refractivity contribution is 5.95. The Hall–Kier alpha value is -2.96. The van der Waals surface area contributed by atoms with Crippen molar-refractivity contribution in [1.29, 1.82) is 0 Å². The van der Waals surface area contributed by atoms with Crippen LogP contribution in [0.3, 0.4) is 0 Å². The van der Waals surface area contributed by atoms with Crippen molar-refractivity contribution in [3.8, 4) is 0 Å². The van der Waals surface area contributed by atoms with Crippen molar-refractivity contribution in [3.05, 3.63) is 64.4 Å². The zero-order valence-electron chi connectivity index (χ0n) is 13.8. The van der Waals surface area contributed by atoms with E-state index in [0.717, 1.165) is 12.0 Å². The fourth-order valence-electron chi connectivity index (χ4n) is 2.60. The van der Waals surface area contributed by atoms with Gasteiger partial charge in [-0.1, -0.05) is 36.4 Å². The third kappa shape index (κ3) is 3.19. The molecule has 3 aromatic rings. The molecule has 1 unspecified atom stereocenters. The smallest absolute Gasteiger partial charge is 0.255 e. The van der Waals surface area contributed by atoms with E-state index in [4.69, 9.17) is 4.42 Å². The van der Waals surface area contributed by atoms with Gasteiger partial charge >= 0.3 is 0 Å². The number of tetrazole rings is 1. The number of aromatic nitrogens is 4. The molecule has 0 fully saturated rings. The molecule has 7 heteroatoms. The first-order chi connectivity index (χ1) is 11.6. The zero-order chi connectivity index (χ0) is 17.1. The number of amides is 1. The molecule has 2 N–H and O–H groups in total. The zero-order valence-corrected chi connectivity index (χ0v) is 13.8. The molecule has 0 aliphatic heterocycles. The van der Waals surface area contributed by atoms with E-state index >= 15 is 0 Å². The topological polar surface area (TPSA) is 96.7 Å². The SMILES string of the molecule is CCc1ccc(C(NC(=O)c2cc(C)oc2C)c2nn[nH]n2)cc1. The minimum atomic E-state index is -0.489. The number of nitrogens with one attached hydrogen (secondary N) is 2. The van der Waals surface area contributed by atoms with E-state index in [0.29, 0.717) is 22.9 Å². The molecule has 0 bridgehead atoms. The van der Waals surface area contributed by atoms with Gasteiger partial charge < -0.3 is 9.73 Å². The quantitative estimate of drug-likeness (QED) is 0.751. The minimum Gasteiger partial charge on any atom is -0.466 e. The first kappa shape index (κ1) is 15.9. The van der Waals surface area contributed by atoms with Gasteiger partial charge in [-0.25, -0.2) is 0 Å². The summed E-state index contributed by atoms with van der Waals surface area (Å²) in [7, 11) is 0. The van der Waals surface area contributed by atoms with E-state index in [1.807, 2.05) is 31.2 Å². The lowest BCUT2D eigenvalue weighted by molar-refractivity contribution is 0.0940. The Balaban J connectivity index is 1.90. The van der Waals surface area contributed by atoms with E-state index in [1.165, 1.54) is 5.56 Å². The summed E-state index contributed by atoms with van der Waals surface area (Å²) in [5, 5.41) is 17.0. The molecule has 1 amide bonds. The third-order valence-electron chi connectivity index (χ3n) is 3.90. The molecule has 24 heavy (non-hydrogen) atoms. The van der Waals surface area contributed by atoms with Gasteiger partial charge in [-0.3, -0.25) is 4.79 Å². The predicted molar refractivity (Wildman–Crippen MR) is 87.5 cm³/mol. The summed E-state index contributed by atoms with van der Waals surface area (Å²) in [6.45, 7) is 5.67. The van der Waals surface area contributed by atoms with Crippen LogP contribution in [-0.4, -0.2) is 26.5 Å². The van der Waals surface area contributed by atoms with Crippen LogP contribution < -0.4 is 5.32 Å². The monoisotopic (exact) mass is 325 g/mol. The van der Waals surface area contributed by atoms with Gasteiger partial charge in [0.1, 0.15) is 17.6 Å². The van der Waals surface area contributed by atoms with E-state index < -0.39 is 6.04 Å². The fourth-order valence-corrected chi connectivity index (χ4v) is 2.60. The molecule has 0 saturated carbocycles. The van der Waals surface area contributed by atoms with E-state index in [9.17, 15) is 4.79 Å². The molecule has 0 aliphatic rings. The number of nitrogens with zero attached hydrogens (tertiary/aromatic N) is 3. The summed E-state index contributed by atoms with van der Waals surface area (Å²) in [6.07, 6.45) is 0.951. The molecular formula is C17H19N5O2. The molecular weight excluding hydrogens is 306 g/mol. The highest BCUT2D eigenvalue weighted by Gasteiger charge is 2.23. The summed E-state index contributed by atoms with van der Waals surface area (Å²) < 4.78 is 5.43. The summed E-state index contributed by atoms with van der Waals surface area (Å²) in [4.78, 5) is 12.6. The third-order valence-corrected chi connectivity index (χ3v) is 3.90. The van der Waals surface area contributed by atoms with Gasteiger partial charge in [-0.2, -0.15) is 5.21 Å². The van der Waals surface area contributed by atoms with Crippen LogP contribution in [0.2, 0.25) is 0 Å². The molecule has 0 radical (unpaired) electrons. The second-order valence-corrected chi connectivity index (χ2v) is 5.60. The van der Waals surface area contributed by atoms with Gasteiger partial charge in [0.25, 0.3) is 5.91 Å². The van der Waals surface area contributed by atoms with Crippen LogP contribution in [0, 0.1) is 13.8 Å². The molecule has 1 aromatic carbocycles. The van der Waals surface area contributed by atoms with Crippen LogP contribution >= 0.6 is 0 Å². The van der Waals surface area contributed by atoms with Crippen LogP contribution in [0.4, 0.5) is 0 Å². The Kier molecular flexibility index (Phi) is 4.41. The summed E-state index contributed by atoms with van der Waals surface area (Å²) in [5.41, 5.74) is 2.62. The van der Waals surface area contributed by atoms with Gasteiger partial charge in [0.05, 0.1) is 5.56 Å². The minimum absolute atomic E-state index is 0.237. The molecule has 1 atom stereocenters. The number of carbonyl (C=O) groups excluding carboxylic acids is 1. The highest BCUT2D eigenvalue weighted by atomic mass is 16.3. The number of aromatic amines is 1. The number of benzene rings is 1. The van der Waals surface area contributed by atoms with E-state index in [-0.39, 0.29) is 5.91 Å². The van der Waals surface area contributed by atoms with Crippen molar-refractivity contribution >= 4 is 5.91 Å². The molecule has 0 saturated heterocycles. The first-order valence-electron chi connectivity index (χ1n) is 7.78. The van der Waals surface area contributed by atoms with Gasteiger partial charge in [0.2, 0.25) is 5.82 Å². The van der Waals surface area contributed by atoms with Gasteiger partial charge in [-0.05, 0) is 37.5 Å². The molecule has 2 heterocycles. The van der Waals surface area contributed by atoms with Crippen molar-refractivity contribution < 1.29 is 9.21 Å². The number of aryl methyl sites for hydroxylation is 3. The second-order valence-electron chi connectivity index (χ2n) is 5.60. The Morgan fingerprint density at radius 1 is 1.29 bits per heavy atom. The number of hydrogen-bond donors (Lipinski definition) is 2. The van der Waals surface area contributed by atoms with Gasteiger partial charge in [0, 0.05) is 0 Å². The summed E-state index contributed by atoms with van der Waals surface area (Å²) >= 11 is 0. The van der Waals surface area contributed by atoms with E-state index in [2.05, 4.69) is 32.9 Å². The molecule has 0 spiro atoms. The van der Waals surface area contributed by atoms with Crippen LogP contribution in [-0.2, 0) is 6.42 Å². The standard InChI is InChI=1S/C17H19N5O2/c1-4-12-5-7-13(8-6-12)15(16-19-21-22-20-16)18-17(23)14-9-10(2)24-11(14)3/h5-9,15H,4H2,1-3H3,(H,18,23)(H,19,20,21,22). The van der Waals surface area contributed by atoms with Crippen LogP contribution in [0.5, 0.6) is 0 Å². The number of hydrogen-bond acceptors (Lipinski definition) is 5. The molecule has 3 rings (SSSR count). The Morgan fingerprint density at radius 2 is 2.04 bits per heavy atom. The summed E-state index contributed by atoms with van der Waals surface area (Å²) in [6, 6.07) is 9.22. The van der Waals surface area contributed by atoms with Gasteiger partial charge in [-0.15, -0.1) is 10.2 Å². The Morgan fingerprint density at radius 3 is 2.58 bits per heavy atom. The Labute approximate surface area is 139 Å². The van der Waals surface area contributed by atoms with Crippen molar-refractivity contribution in [1.82, 2.24) is 25.9 Å². The lowest BCUT2D eigenvalue weighted by Gasteiger charge is -2.16. The van der Waals surface area contributed by atoms with Crippen LogP contribution in [0.25, 0.3) is 0 Å². The second kappa shape index (κ2) is 6.66. The molecule has 2 aromatic heterocycles. The maximum absolute atomic E-state index is 12.6. The average Bonchev–Trinajstić information content (AvgIpc) is 3.22.